The van der Waals surface area contributed by atoms with E-state index >= 15 is 0 Å². The lowest BCUT2D eigenvalue weighted by atomic mass is 9.90. The van der Waals surface area contributed by atoms with Crippen LogP contribution in [0.5, 0.6) is 0 Å². The van der Waals surface area contributed by atoms with E-state index in [2.05, 4.69) is 86.6 Å². The van der Waals surface area contributed by atoms with Gasteiger partial charge in [-0.3, -0.25) is 14.2 Å². The van der Waals surface area contributed by atoms with Gasteiger partial charge in [0.2, 0.25) is 0 Å². The second-order valence-electron chi connectivity index (χ2n) is 11.6. The Morgan fingerprint density at radius 3 is 2.10 bits per heavy atom. The molecule has 5 N–H and O–H groups in total. The number of carbonyl (C=O) groups excluding carboxylic acids is 1. The Bertz CT molecular complexity index is 2020. The van der Waals surface area contributed by atoms with Gasteiger partial charge in [-0.15, -0.1) is 10.2 Å². The van der Waals surface area contributed by atoms with E-state index < -0.39 is 0 Å². The molecule has 10 nitrogen and oxygen atoms in total. The zero-order valence-corrected chi connectivity index (χ0v) is 27.1. The highest BCUT2D eigenvalue weighted by Crippen LogP contribution is 2.36. The van der Waals surface area contributed by atoms with Crippen molar-refractivity contribution < 1.29 is 15.0 Å². The highest BCUT2D eigenvalue weighted by Gasteiger charge is 2.16. The number of hydrogen-bond donors (Lipinski definition) is 5. The molecule has 6 rings (SSSR count). The maximum Gasteiger partial charge on any atom is 0.274 e. The highest BCUT2D eigenvalue weighted by atomic mass is 16.3. The van der Waals surface area contributed by atoms with Crippen LogP contribution in [0.1, 0.15) is 32.7 Å². The molecule has 0 atom stereocenters. The number of carbonyl (C=O) groups is 1. The summed E-state index contributed by atoms with van der Waals surface area (Å²) < 4.78 is 1.99. The Balaban J connectivity index is 1.22. The van der Waals surface area contributed by atoms with Gasteiger partial charge in [-0.1, -0.05) is 60.7 Å². The quantitative estimate of drug-likeness (QED) is 0.109. The van der Waals surface area contributed by atoms with Crippen molar-refractivity contribution in [1.82, 2.24) is 30.2 Å². The van der Waals surface area contributed by atoms with Crippen molar-refractivity contribution in [3.63, 3.8) is 0 Å². The molecule has 48 heavy (non-hydrogen) atoms. The van der Waals surface area contributed by atoms with E-state index in [1.165, 1.54) is 0 Å². The normalized spacial score (nSPS) is 11.2. The van der Waals surface area contributed by atoms with Crippen molar-refractivity contribution in [1.29, 1.82) is 0 Å². The molecule has 1 amide bonds. The first-order chi connectivity index (χ1) is 23.5. The highest BCUT2D eigenvalue weighted by molar-refractivity contribution is 6.03. The number of nitrogens with zero attached hydrogens (tertiary/aromatic N) is 4. The number of anilines is 1. The van der Waals surface area contributed by atoms with Crippen LogP contribution < -0.4 is 16.0 Å². The minimum absolute atomic E-state index is 0.0685. The molecule has 0 saturated carbocycles. The number of benzene rings is 3. The van der Waals surface area contributed by atoms with Gasteiger partial charge in [-0.2, -0.15) is 0 Å². The monoisotopic (exact) mass is 641 g/mol. The molecule has 0 saturated heterocycles. The molecule has 0 aliphatic heterocycles. The van der Waals surface area contributed by atoms with E-state index in [4.69, 9.17) is 10.2 Å². The molecule has 244 valence electrons. The summed E-state index contributed by atoms with van der Waals surface area (Å²) in [5.41, 5.74) is 11.2. The topological polar surface area (TPSA) is 137 Å². The molecule has 6 aromatic rings. The summed E-state index contributed by atoms with van der Waals surface area (Å²) in [4.78, 5) is 17.5. The number of rotatable bonds is 13. The van der Waals surface area contributed by atoms with Crippen LogP contribution in [0.15, 0.2) is 97.3 Å². The number of amides is 1. The number of hydrogen-bond acceptors (Lipinski definition) is 8. The van der Waals surface area contributed by atoms with E-state index in [1.807, 2.05) is 47.9 Å². The summed E-state index contributed by atoms with van der Waals surface area (Å²) in [5.74, 6) is 0.496. The number of nitrogens with one attached hydrogen (secondary N) is 3. The van der Waals surface area contributed by atoms with Crippen molar-refractivity contribution in [2.45, 2.75) is 26.9 Å². The van der Waals surface area contributed by atoms with Gasteiger partial charge in [0, 0.05) is 49.8 Å². The molecule has 0 aliphatic carbocycles. The summed E-state index contributed by atoms with van der Waals surface area (Å²) in [5, 5.41) is 36.3. The predicted octanol–water partition coefficient (Wildman–Crippen LogP) is 5.16. The summed E-state index contributed by atoms with van der Waals surface area (Å²) in [7, 11) is 0. The van der Waals surface area contributed by atoms with Crippen molar-refractivity contribution >= 4 is 17.2 Å². The van der Waals surface area contributed by atoms with Gasteiger partial charge in [0.15, 0.2) is 11.5 Å². The second kappa shape index (κ2) is 15.1. The van der Waals surface area contributed by atoms with E-state index in [9.17, 15) is 4.79 Å². The molecular weight excluding hydrogens is 602 g/mol. The maximum absolute atomic E-state index is 13.1. The molecular formula is C38H39N7O3. The summed E-state index contributed by atoms with van der Waals surface area (Å²) in [6.45, 7) is 6.65. The molecule has 0 unspecified atom stereocenters. The largest absolute Gasteiger partial charge is 0.395 e. The van der Waals surface area contributed by atoms with Crippen molar-refractivity contribution in [3.05, 3.63) is 125 Å². The van der Waals surface area contributed by atoms with Gasteiger partial charge in [0.25, 0.3) is 5.91 Å². The summed E-state index contributed by atoms with van der Waals surface area (Å²) in [6.07, 6.45) is 3.68. The molecule has 3 aromatic heterocycles. The standard InChI is InChI=1S/C38H39N7O3/c1-25-31(30-15-18-45-36(21-30)43-44-37(45)29-12-9-27(10-13-29)22-39-16-19-46)5-3-6-32(25)33-7-4-8-34(26(33)2)42-38(48)35-14-11-28(24-41-35)23-40-17-20-47/h3-15,18,21,24,39-40,46-47H,16-17,19-20,22-23H2,1-2H3,(H,42,48). The van der Waals surface area contributed by atoms with Gasteiger partial charge in [0.05, 0.1) is 13.2 Å². The molecule has 10 heteroatoms. The third-order valence-corrected chi connectivity index (χ3v) is 8.43. The molecule has 0 spiro atoms. The summed E-state index contributed by atoms with van der Waals surface area (Å²) in [6, 6.07) is 28.1. The van der Waals surface area contributed by atoms with Crippen LogP contribution in [0.3, 0.4) is 0 Å². The SMILES string of the molecule is Cc1c(NC(=O)c2ccc(CNCCO)cn2)cccc1-c1cccc(-c2ccn3c(-c4ccc(CNCCO)cc4)nnc3c2)c1C. The molecule has 0 bridgehead atoms. The van der Waals surface area contributed by atoms with Crippen LogP contribution in [-0.4, -0.2) is 62.0 Å². The van der Waals surface area contributed by atoms with Crippen LogP contribution >= 0.6 is 0 Å². The van der Waals surface area contributed by atoms with Crippen LogP contribution in [0.25, 0.3) is 39.3 Å². The zero-order valence-electron chi connectivity index (χ0n) is 27.1. The smallest absolute Gasteiger partial charge is 0.274 e. The predicted molar refractivity (Wildman–Crippen MR) is 189 cm³/mol. The first-order valence-electron chi connectivity index (χ1n) is 16.0. The van der Waals surface area contributed by atoms with E-state index in [0.29, 0.717) is 31.9 Å². The Hall–Kier alpha value is -5.26. The molecule has 0 radical (unpaired) electrons. The lowest BCUT2D eigenvalue weighted by Crippen LogP contribution is -2.18. The van der Waals surface area contributed by atoms with Crippen molar-refractivity contribution in [2.24, 2.45) is 0 Å². The average Bonchev–Trinajstić information content (AvgIpc) is 3.54. The van der Waals surface area contributed by atoms with E-state index in [-0.39, 0.29) is 19.1 Å². The number of pyridine rings is 2. The molecule has 0 aliphatic rings. The Labute approximate surface area is 279 Å². The third-order valence-electron chi connectivity index (χ3n) is 8.43. The Kier molecular flexibility index (Phi) is 10.3. The van der Waals surface area contributed by atoms with E-state index in [1.54, 1.807) is 12.3 Å². The molecule has 3 aromatic carbocycles. The average molecular weight is 642 g/mol. The van der Waals surface area contributed by atoms with Crippen LogP contribution in [0, 0.1) is 13.8 Å². The summed E-state index contributed by atoms with van der Waals surface area (Å²) >= 11 is 0. The van der Waals surface area contributed by atoms with Crippen molar-refractivity contribution in [2.75, 3.05) is 31.6 Å². The third kappa shape index (κ3) is 7.17. The Morgan fingerprint density at radius 2 is 1.40 bits per heavy atom. The fourth-order valence-corrected chi connectivity index (χ4v) is 5.80. The minimum Gasteiger partial charge on any atom is -0.395 e. The number of fused-ring (bicyclic) bond motifs is 1. The number of aliphatic hydroxyl groups excluding tert-OH is 2. The van der Waals surface area contributed by atoms with Crippen LogP contribution in [0.4, 0.5) is 5.69 Å². The number of aliphatic hydroxyl groups is 2. The first kappa shape index (κ1) is 32.7. The lowest BCUT2D eigenvalue weighted by Gasteiger charge is -2.17. The van der Waals surface area contributed by atoms with Crippen molar-refractivity contribution in [3.8, 4) is 33.6 Å². The molecule has 0 fully saturated rings. The van der Waals surface area contributed by atoms with Crippen LogP contribution in [-0.2, 0) is 13.1 Å². The van der Waals surface area contributed by atoms with Gasteiger partial charge in [0.1, 0.15) is 5.69 Å². The van der Waals surface area contributed by atoms with E-state index in [0.717, 1.165) is 67.2 Å². The fraction of sp³-hybridized carbons (Fsp3) is 0.211. The maximum atomic E-state index is 13.1. The number of aromatic nitrogens is 4. The Morgan fingerprint density at radius 1 is 0.729 bits per heavy atom. The van der Waals surface area contributed by atoms with Gasteiger partial charge < -0.3 is 26.2 Å². The zero-order chi connectivity index (χ0) is 33.5. The fourth-order valence-electron chi connectivity index (χ4n) is 5.80. The van der Waals surface area contributed by atoms with Gasteiger partial charge in [-0.25, -0.2) is 0 Å². The second-order valence-corrected chi connectivity index (χ2v) is 11.6. The minimum atomic E-state index is -0.275. The van der Waals surface area contributed by atoms with Gasteiger partial charge >= 0.3 is 0 Å². The first-order valence-corrected chi connectivity index (χ1v) is 16.0. The van der Waals surface area contributed by atoms with Crippen LogP contribution in [0.2, 0.25) is 0 Å². The molecule has 3 heterocycles. The lowest BCUT2D eigenvalue weighted by molar-refractivity contribution is 0.102. The van der Waals surface area contributed by atoms with Gasteiger partial charge in [-0.05, 0) is 82.6 Å².